The van der Waals surface area contributed by atoms with Gasteiger partial charge in [-0.15, -0.1) is 0 Å². The molecule has 0 saturated carbocycles. The number of aromatic nitrogens is 1. The molecule has 0 aliphatic rings. The van der Waals surface area contributed by atoms with E-state index in [0.717, 1.165) is 11.4 Å². The molecule has 0 bridgehead atoms. The fourth-order valence-electron chi connectivity index (χ4n) is 1.75. The van der Waals surface area contributed by atoms with Crippen molar-refractivity contribution in [2.45, 2.75) is 13.0 Å². The van der Waals surface area contributed by atoms with Gasteiger partial charge < -0.3 is 20.1 Å². The molecule has 1 unspecified atom stereocenters. The van der Waals surface area contributed by atoms with Crippen LogP contribution in [0.25, 0.3) is 0 Å². The van der Waals surface area contributed by atoms with Crippen molar-refractivity contribution >= 4 is 23.0 Å². The quantitative estimate of drug-likeness (QED) is 0.799. The van der Waals surface area contributed by atoms with Crippen molar-refractivity contribution in [2.75, 3.05) is 19.0 Å². The largest absolute Gasteiger partial charge is 0.491 e. The highest BCUT2D eigenvalue weighted by molar-refractivity contribution is 7.80. The summed E-state index contributed by atoms with van der Waals surface area (Å²) in [7, 11) is 1.58. The van der Waals surface area contributed by atoms with E-state index < -0.39 is 0 Å². The molecule has 2 aromatic rings. The lowest BCUT2D eigenvalue weighted by molar-refractivity contribution is 0.287. The maximum Gasteiger partial charge on any atom is 0.213 e. The molecule has 1 aromatic carbocycles. The molecule has 0 radical (unpaired) electrons. The second-order valence-corrected chi connectivity index (χ2v) is 5.12. The summed E-state index contributed by atoms with van der Waals surface area (Å²) in [5, 5.41) is 6.76. The van der Waals surface area contributed by atoms with Crippen molar-refractivity contribution in [2.24, 2.45) is 0 Å². The number of anilines is 1. The van der Waals surface area contributed by atoms with Crippen LogP contribution in [0, 0.1) is 0 Å². The van der Waals surface area contributed by atoms with Crippen LogP contribution < -0.4 is 20.1 Å². The minimum atomic E-state index is 0.0754. The fourth-order valence-corrected chi connectivity index (χ4v) is 2.06. The number of thiocarbonyl (C=S) groups is 1. The average molecular weight is 317 g/mol. The molecule has 0 amide bonds. The molecule has 0 spiro atoms. The van der Waals surface area contributed by atoms with Gasteiger partial charge >= 0.3 is 0 Å². The topological polar surface area (TPSA) is 55.4 Å². The van der Waals surface area contributed by atoms with Crippen molar-refractivity contribution in [3.05, 3.63) is 48.7 Å². The van der Waals surface area contributed by atoms with Gasteiger partial charge in [-0.1, -0.05) is 18.2 Å². The van der Waals surface area contributed by atoms with Gasteiger partial charge in [0.05, 0.1) is 25.0 Å². The zero-order valence-corrected chi connectivity index (χ0v) is 13.4. The van der Waals surface area contributed by atoms with E-state index >= 15 is 0 Å². The van der Waals surface area contributed by atoms with Crippen LogP contribution in [0.1, 0.15) is 6.92 Å². The minimum Gasteiger partial charge on any atom is -0.491 e. The molecule has 116 valence electrons. The number of nitrogens with zero attached hydrogens (tertiary/aromatic N) is 1. The van der Waals surface area contributed by atoms with Crippen LogP contribution >= 0.6 is 12.2 Å². The molecule has 0 aliphatic heterocycles. The Labute approximate surface area is 135 Å². The molecule has 1 aromatic heterocycles. The van der Waals surface area contributed by atoms with Gasteiger partial charge in [0.2, 0.25) is 5.88 Å². The summed E-state index contributed by atoms with van der Waals surface area (Å²) in [6.45, 7) is 2.52. The smallest absolute Gasteiger partial charge is 0.213 e. The Hall–Kier alpha value is -2.34. The molecule has 0 fully saturated rings. The summed E-state index contributed by atoms with van der Waals surface area (Å²) in [6.07, 6.45) is 1.66. The van der Waals surface area contributed by atoms with Crippen molar-refractivity contribution in [1.82, 2.24) is 10.3 Å². The number of rotatable bonds is 6. The second-order valence-electron chi connectivity index (χ2n) is 4.71. The molecular weight excluding hydrogens is 298 g/mol. The van der Waals surface area contributed by atoms with Crippen LogP contribution in [0.4, 0.5) is 5.69 Å². The first kappa shape index (κ1) is 16.0. The van der Waals surface area contributed by atoms with E-state index in [1.165, 1.54) is 0 Å². The standard InChI is InChI=1S/C16H19N3O2S/c1-12(11-21-14-6-4-3-5-7-14)18-16(22)19-13-8-9-15(20-2)17-10-13/h3-10,12H,11H2,1-2H3,(H2,18,19,22). The van der Waals surface area contributed by atoms with Gasteiger partial charge in [-0.3, -0.25) is 0 Å². The van der Waals surface area contributed by atoms with E-state index in [1.807, 2.05) is 43.3 Å². The summed E-state index contributed by atoms with van der Waals surface area (Å²) in [6, 6.07) is 13.4. The summed E-state index contributed by atoms with van der Waals surface area (Å²) in [5.41, 5.74) is 0.800. The number of ether oxygens (including phenoxy) is 2. The first-order valence-corrected chi connectivity index (χ1v) is 7.33. The van der Waals surface area contributed by atoms with Gasteiger partial charge in [-0.2, -0.15) is 0 Å². The number of benzene rings is 1. The Morgan fingerprint density at radius 1 is 1.23 bits per heavy atom. The highest BCUT2D eigenvalue weighted by atomic mass is 32.1. The number of hydrogen-bond acceptors (Lipinski definition) is 4. The van der Waals surface area contributed by atoms with Gasteiger partial charge in [-0.25, -0.2) is 4.98 Å². The Balaban J connectivity index is 1.75. The lowest BCUT2D eigenvalue weighted by atomic mass is 10.3. The van der Waals surface area contributed by atoms with E-state index in [4.69, 9.17) is 21.7 Å². The predicted molar refractivity (Wildman–Crippen MR) is 91.5 cm³/mol. The molecular formula is C16H19N3O2S. The zero-order valence-electron chi connectivity index (χ0n) is 12.6. The fraction of sp³-hybridized carbons (Fsp3) is 0.250. The van der Waals surface area contributed by atoms with Gasteiger partial charge in [0, 0.05) is 6.07 Å². The van der Waals surface area contributed by atoms with Gasteiger partial charge in [0.25, 0.3) is 0 Å². The molecule has 22 heavy (non-hydrogen) atoms. The summed E-state index contributed by atoms with van der Waals surface area (Å²) < 4.78 is 10.7. The van der Waals surface area contributed by atoms with Crippen LogP contribution in [0.15, 0.2) is 48.7 Å². The molecule has 6 heteroatoms. The van der Waals surface area contributed by atoms with Crippen molar-refractivity contribution in [3.63, 3.8) is 0 Å². The molecule has 1 atom stereocenters. The second kappa shape index (κ2) is 8.19. The number of nitrogens with one attached hydrogen (secondary N) is 2. The molecule has 1 heterocycles. The van der Waals surface area contributed by atoms with Gasteiger partial charge in [0.15, 0.2) is 5.11 Å². The SMILES string of the molecule is COc1ccc(NC(=S)NC(C)COc2ccccc2)cn1. The highest BCUT2D eigenvalue weighted by Crippen LogP contribution is 2.11. The van der Waals surface area contributed by atoms with Crippen LogP contribution in [0.3, 0.4) is 0 Å². The van der Waals surface area contributed by atoms with Crippen LogP contribution in [0.5, 0.6) is 11.6 Å². The zero-order chi connectivity index (χ0) is 15.8. The van der Waals surface area contributed by atoms with Crippen molar-refractivity contribution < 1.29 is 9.47 Å². The first-order chi connectivity index (χ1) is 10.7. The van der Waals surface area contributed by atoms with Gasteiger partial charge in [0.1, 0.15) is 12.4 Å². The number of hydrogen-bond donors (Lipinski definition) is 2. The van der Waals surface area contributed by atoms with E-state index in [-0.39, 0.29) is 6.04 Å². The van der Waals surface area contributed by atoms with E-state index in [1.54, 1.807) is 19.4 Å². The van der Waals surface area contributed by atoms with Crippen LogP contribution in [-0.2, 0) is 0 Å². The molecule has 0 aliphatic carbocycles. The lowest BCUT2D eigenvalue weighted by Crippen LogP contribution is -2.39. The molecule has 0 saturated heterocycles. The number of methoxy groups -OCH3 is 1. The first-order valence-electron chi connectivity index (χ1n) is 6.93. The molecule has 5 nitrogen and oxygen atoms in total. The highest BCUT2D eigenvalue weighted by Gasteiger charge is 2.06. The normalized spacial score (nSPS) is 11.4. The van der Waals surface area contributed by atoms with E-state index in [0.29, 0.717) is 17.6 Å². The Bertz CT molecular complexity index is 590. The van der Waals surface area contributed by atoms with Crippen molar-refractivity contribution in [1.29, 1.82) is 0 Å². The van der Waals surface area contributed by atoms with E-state index in [2.05, 4.69) is 15.6 Å². The molecule has 2 rings (SSSR count). The minimum absolute atomic E-state index is 0.0754. The van der Waals surface area contributed by atoms with E-state index in [9.17, 15) is 0 Å². The number of para-hydroxylation sites is 1. The third-order valence-corrected chi connectivity index (χ3v) is 3.04. The Morgan fingerprint density at radius 3 is 2.64 bits per heavy atom. The predicted octanol–water partition coefficient (Wildman–Crippen LogP) is 2.84. The number of pyridine rings is 1. The summed E-state index contributed by atoms with van der Waals surface area (Å²) in [4.78, 5) is 4.11. The third kappa shape index (κ3) is 5.21. The van der Waals surface area contributed by atoms with Gasteiger partial charge in [-0.05, 0) is 37.3 Å². The monoisotopic (exact) mass is 317 g/mol. The third-order valence-electron chi connectivity index (χ3n) is 2.82. The van der Waals surface area contributed by atoms with Crippen molar-refractivity contribution in [3.8, 4) is 11.6 Å². The summed E-state index contributed by atoms with van der Waals surface area (Å²) in [5.74, 6) is 1.41. The Kier molecular flexibility index (Phi) is 5.97. The lowest BCUT2D eigenvalue weighted by Gasteiger charge is -2.17. The Morgan fingerprint density at radius 2 is 2.00 bits per heavy atom. The average Bonchev–Trinajstić information content (AvgIpc) is 2.54. The maximum absolute atomic E-state index is 5.67. The summed E-state index contributed by atoms with van der Waals surface area (Å²) >= 11 is 5.27. The maximum atomic E-state index is 5.67. The molecule has 2 N–H and O–H groups in total. The van der Waals surface area contributed by atoms with Crippen LogP contribution in [0.2, 0.25) is 0 Å². The van der Waals surface area contributed by atoms with Crippen LogP contribution in [-0.4, -0.2) is 29.9 Å².